The molecule has 0 heterocycles. The zero-order chi connectivity index (χ0) is 13.2. The Balaban J connectivity index is 2.74. The van der Waals surface area contributed by atoms with Gasteiger partial charge in [0.15, 0.2) is 0 Å². The molecule has 0 aliphatic carbocycles. The molecule has 0 aliphatic heterocycles. The lowest BCUT2D eigenvalue weighted by molar-refractivity contribution is 0.288. The van der Waals surface area contributed by atoms with Crippen molar-refractivity contribution >= 4 is 0 Å². The number of unbranched alkanes of at least 4 members (excludes halogenated alkanes) is 2. The van der Waals surface area contributed by atoms with E-state index in [1.165, 1.54) is 55.2 Å². The van der Waals surface area contributed by atoms with Crippen molar-refractivity contribution in [1.82, 2.24) is 0 Å². The van der Waals surface area contributed by atoms with Crippen LogP contribution in [0.15, 0.2) is 18.2 Å². The van der Waals surface area contributed by atoms with Crippen LogP contribution in [0.4, 0.5) is 0 Å². The molecule has 0 atom stereocenters. The van der Waals surface area contributed by atoms with Crippen LogP contribution in [0.1, 0.15) is 62.6 Å². The lowest BCUT2D eigenvalue weighted by atomic mass is 9.95. The minimum Gasteiger partial charge on any atom is -0.396 e. The predicted molar refractivity (Wildman–Crippen MR) is 79.1 cm³/mol. The molecule has 1 aromatic rings. The first-order chi connectivity index (χ1) is 8.81. The summed E-state index contributed by atoms with van der Waals surface area (Å²) in [6.45, 7) is 4.78. The van der Waals surface area contributed by atoms with Crippen molar-refractivity contribution in [1.29, 1.82) is 0 Å². The number of aryl methyl sites for hydroxylation is 3. The smallest absolute Gasteiger partial charge is 0.0434 e. The second-order valence-corrected chi connectivity index (χ2v) is 5.14. The van der Waals surface area contributed by atoms with Gasteiger partial charge in [-0.2, -0.15) is 0 Å². The van der Waals surface area contributed by atoms with Crippen molar-refractivity contribution in [2.75, 3.05) is 6.61 Å². The van der Waals surface area contributed by atoms with Gasteiger partial charge >= 0.3 is 0 Å². The third-order valence-electron chi connectivity index (χ3n) is 3.49. The zero-order valence-electron chi connectivity index (χ0n) is 12.0. The number of benzene rings is 1. The summed E-state index contributed by atoms with van der Waals surface area (Å²) in [5, 5.41) is 8.97. The number of aliphatic hydroxyl groups is 1. The molecule has 1 nitrogen and oxygen atoms in total. The summed E-state index contributed by atoms with van der Waals surface area (Å²) < 4.78 is 0. The summed E-state index contributed by atoms with van der Waals surface area (Å²) in [5.74, 6) is 0. The normalized spacial score (nSPS) is 10.8. The average Bonchev–Trinajstić information content (AvgIpc) is 2.41. The molecule has 1 heteroatoms. The molecule has 0 fully saturated rings. The number of aliphatic hydroxyl groups excluding tert-OH is 1. The molecular weight excluding hydrogens is 220 g/mol. The SMILES string of the molecule is CCCCc1ccc(CCCO)c(CCCC)c1. The summed E-state index contributed by atoms with van der Waals surface area (Å²) in [4.78, 5) is 0. The maximum Gasteiger partial charge on any atom is 0.0434 e. The first-order valence-electron chi connectivity index (χ1n) is 7.53. The lowest BCUT2D eigenvalue weighted by Crippen LogP contribution is -1.99. The quantitative estimate of drug-likeness (QED) is 0.691. The fourth-order valence-electron chi connectivity index (χ4n) is 2.33. The monoisotopic (exact) mass is 248 g/mol. The van der Waals surface area contributed by atoms with E-state index in [1.54, 1.807) is 0 Å². The molecule has 1 aromatic carbocycles. The molecular formula is C17H28O. The van der Waals surface area contributed by atoms with Crippen LogP contribution in [-0.4, -0.2) is 11.7 Å². The maximum absolute atomic E-state index is 8.97. The number of hydrogen-bond acceptors (Lipinski definition) is 1. The van der Waals surface area contributed by atoms with Crippen LogP contribution in [0, 0.1) is 0 Å². The maximum atomic E-state index is 8.97. The molecule has 18 heavy (non-hydrogen) atoms. The second kappa shape index (κ2) is 9.16. The van der Waals surface area contributed by atoms with Crippen molar-refractivity contribution < 1.29 is 5.11 Å². The summed E-state index contributed by atoms with van der Waals surface area (Å²) in [6.07, 6.45) is 9.35. The lowest BCUT2D eigenvalue weighted by Gasteiger charge is -2.11. The van der Waals surface area contributed by atoms with E-state index in [1.807, 2.05) is 0 Å². The van der Waals surface area contributed by atoms with Gasteiger partial charge in [0.2, 0.25) is 0 Å². The second-order valence-electron chi connectivity index (χ2n) is 5.14. The number of rotatable bonds is 9. The highest BCUT2D eigenvalue weighted by atomic mass is 16.2. The Morgan fingerprint density at radius 2 is 1.50 bits per heavy atom. The Kier molecular flexibility index (Phi) is 7.75. The first-order valence-corrected chi connectivity index (χ1v) is 7.53. The molecule has 0 saturated carbocycles. The van der Waals surface area contributed by atoms with Gasteiger partial charge in [-0.25, -0.2) is 0 Å². The van der Waals surface area contributed by atoms with Crippen molar-refractivity contribution in [2.45, 2.75) is 65.2 Å². The van der Waals surface area contributed by atoms with E-state index in [9.17, 15) is 0 Å². The first kappa shape index (κ1) is 15.2. The van der Waals surface area contributed by atoms with Gasteiger partial charge in [-0.15, -0.1) is 0 Å². The molecule has 0 bridgehead atoms. The third kappa shape index (κ3) is 5.22. The van der Waals surface area contributed by atoms with Crippen molar-refractivity contribution in [3.63, 3.8) is 0 Å². The van der Waals surface area contributed by atoms with Gasteiger partial charge in [-0.1, -0.05) is 44.9 Å². The molecule has 0 aliphatic rings. The Labute approximate surface area is 112 Å². The van der Waals surface area contributed by atoms with Crippen LogP contribution in [0.25, 0.3) is 0 Å². The van der Waals surface area contributed by atoms with Gasteiger partial charge in [0.05, 0.1) is 0 Å². The Hall–Kier alpha value is -0.820. The summed E-state index contributed by atoms with van der Waals surface area (Å²) in [7, 11) is 0. The van der Waals surface area contributed by atoms with Gasteiger partial charge in [-0.05, 0) is 55.2 Å². The van der Waals surface area contributed by atoms with Crippen LogP contribution in [0.3, 0.4) is 0 Å². The average molecular weight is 248 g/mol. The molecule has 1 N–H and O–H groups in total. The fourth-order valence-corrected chi connectivity index (χ4v) is 2.33. The highest BCUT2D eigenvalue weighted by molar-refractivity contribution is 5.32. The van der Waals surface area contributed by atoms with Crippen LogP contribution >= 0.6 is 0 Å². The third-order valence-corrected chi connectivity index (χ3v) is 3.49. The summed E-state index contributed by atoms with van der Waals surface area (Å²) in [5.41, 5.74) is 4.44. The van der Waals surface area contributed by atoms with Crippen LogP contribution < -0.4 is 0 Å². The Bertz CT molecular complexity index is 330. The minimum absolute atomic E-state index is 0.296. The topological polar surface area (TPSA) is 20.2 Å². The zero-order valence-corrected chi connectivity index (χ0v) is 12.0. The van der Waals surface area contributed by atoms with E-state index in [-0.39, 0.29) is 0 Å². The summed E-state index contributed by atoms with van der Waals surface area (Å²) >= 11 is 0. The van der Waals surface area contributed by atoms with E-state index in [4.69, 9.17) is 5.11 Å². The molecule has 0 saturated heterocycles. The standard InChI is InChI=1S/C17H28O/c1-3-5-8-15-11-12-16(10-7-13-18)17(14-15)9-6-4-2/h11-12,14,18H,3-10,13H2,1-2H3. The van der Waals surface area contributed by atoms with Crippen molar-refractivity contribution in [3.8, 4) is 0 Å². The molecule has 0 radical (unpaired) electrons. The van der Waals surface area contributed by atoms with Gasteiger partial charge in [0, 0.05) is 6.61 Å². The van der Waals surface area contributed by atoms with Gasteiger partial charge < -0.3 is 5.11 Å². The van der Waals surface area contributed by atoms with Crippen LogP contribution in [0.2, 0.25) is 0 Å². The number of hydrogen-bond donors (Lipinski definition) is 1. The molecule has 102 valence electrons. The van der Waals surface area contributed by atoms with Crippen LogP contribution in [0.5, 0.6) is 0 Å². The van der Waals surface area contributed by atoms with Crippen molar-refractivity contribution in [2.24, 2.45) is 0 Å². The van der Waals surface area contributed by atoms with E-state index in [0.717, 1.165) is 12.8 Å². The van der Waals surface area contributed by atoms with Gasteiger partial charge in [0.25, 0.3) is 0 Å². The Morgan fingerprint density at radius 1 is 0.833 bits per heavy atom. The Morgan fingerprint density at radius 3 is 2.17 bits per heavy atom. The van der Waals surface area contributed by atoms with Crippen molar-refractivity contribution in [3.05, 3.63) is 34.9 Å². The highest BCUT2D eigenvalue weighted by Crippen LogP contribution is 2.18. The van der Waals surface area contributed by atoms with Crippen LogP contribution in [-0.2, 0) is 19.3 Å². The van der Waals surface area contributed by atoms with E-state index in [0.29, 0.717) is 6.61 Å². The van der Waals surface area contributed by atoms with Gasteiger partial charge in [-0.3, -0.25) is 0 Å². The molecule has 0 spiro atoms. The van der Waals surface area contributed by atoms with E-state index in [2.05, 4.69) is 32.0 Å². The van der Waals surface area contributed by atoms with Gasteiger partial charge in [0.1, 0.15) is 0 Å². The van der Waals surface area contributed by atoms with E-state index >= 15 is 0 Å². The fraction of sp³-hybridized carbons (Fsp3) is 0.647. The predicted octanol–water partition coefficient (Wildman–Crippen LogP) is 4.30. The molecule has 0 aromatic heterocycles. The molecule has 0 unspecified atom stereocenters. The summed E-state index contributed by atoms with van der Waals surface area (Å²) in [6, 6.07) is 6.96. The molecule has 0 amide bonds. The largest absolute Gasteiger partial charge is 0.396 e. The highest BCUT2D eigenvalue weighted by Gasteiger charge is 2.04. The molecule has 1 rings (SSSR count). The van der Waals surface area contributed by atoms with E-state index < -0.39 is 0 Å². The minimum atomic E-state index is 0.296.